The molecule has 2 rings (SSSR count). The first-order valence-electron chi connectivity index (χ1n) is 6.23. The summed E-state index contributed by atoms with van der Waals surface area (Å²) in [5.74, 6) is 0.134. The molecular formula is C15H11N3O4. The van der Waals surface area contributed by atoms with Gasteiger partial charge in [0.15, 0.2) is 0 Å². The van der Waals surface area contributed by atoms with Gasteiger partial charge in [-0.3, -0.25) is 14.9 Å². The third kappa shape index (κ3) is 3.58. The maximum atomic E-state index is 11.0. The van der Waals surface area contributed by atoms with Crippen molar-refractivity contribution in [1.82, 2.24) is 0 Å². The van der Waals surface area contributed by atoms with Crippen LogP contribution in [-0.2, 0) is 4.79 Å². The minimum absolute atomic E-state index is 0.0173. The van der Waals surface area contributed by atoms with Crippen molar-refractivity contribution in [2.75, 3.05) is 5.32 Å². The van der Waals surface area contributed by atoms with Gasteiger partial charge in [0.2, 0.25) is 11.7 Å². The number of ether oxygens (including phenoxy) is 1. The number of nitro groups is 1. The van der Waals surface area contributed by atoms with Crippen molar-refractivity contribution in [3.8, 4) is 17.6 Å². The molecule has 0 atom stereocenters. The average molecular weight is 297 g/mol. The van der Waals surface area contributed by atoms with Crippen LogP contribution in [0.1, 0.15) is 12.5 Å². The van der Waals surface area contributed by atoms with Gasteiger partial charge in [-0.15, -0.1) is 0 Å². The number of carbonyl (C=O) groups excluding carboxylic acids is 1. The van der Waals surface area contributed by atoms with Gasteiger partial charge in [0.25, 0.3) is 0 Å². The van der Waals surface area contributed by atoms with Crippen LogP contribution in [-0.4, -0.2) is 10.8 Å². The summed E-state index contributed by atoms with van der Waals surface area (Å²) in [6.07, 6.45) is 0. The van der Waals surface area contributed by atoms with E-state index < -0.39 is 4.92 Å². The molecule has 0 radical (unpaired) electrons. The fourth-order valence-electron chi connectivity index (χ4n) is 1.75. The summed E-state index contributed by atoms with van der Waals surface area (Å²) in [6.45, 7) is 1.39. The van der Waals surface area contributed by atoms with Gasteiger partial charge in [-0.25, -0.2) is 0 Å². The predicted molar refractivity (Wildman–Crippen MR) is 78.6 cm³/mol. The first-order valence-corrected chi connectivity index (χ1v) is 6.23. The van der Waals surface area contributed by atoms with Crippen molar-refractivity contribution in [3.05, 3.63) is 58.1 Å². The van der Waals surface area contributed by atoms with Crippen molar-refractivity contribution < 1.29 is 14.5 Å². The highest BCUT2D eigenvalue weighted by atomic mass is 16.6. The molecule has 0 heterocycles. The number of anilines is 1. The Balaban J connectivity index is 2.28. The van der Waals surface area contributed by atoms with Crippen molar-refractivity contribution >= 4 is 17.3 Å². The van der Waals surface area contributed by atoms with Crippen LogP contribution in [0.4, 0.5) is 11.4 Å². The van der Waals surface area contributed by atoms with E-state index in [1.165, 1.54) is 25.1 Å². The molecule has 0 aromatic heterocycles. The van der Waals surface area contributed by atoms with E-state index >= 15 is 0 Å². The smallest absolute Gasteiger partial charge is 0.311 e. The van der Waals surface area contributed by atoms with E-state index in [9.17, 15) is 14.9 Å². The number of nitrogens with one attached hydrogen (secondary N) is 1. The second kappa shape index (κ2) is 6.37. The number of amides is 1. The number of rotatable bonds is 4. The molecule has 0 saturated carbocycles. The van der Waals surface area contributed by atoms with Gasteiger partial charge in [-0.05, 0) is 30.3 Å². The monoisotopic (exact) mass is 297 g/mol. The molecule has 1 N–H and O–H groups in total. The van der Waals surface area contributed by atoms with Gasteiger partial charge >= 0.3 is 5.69 Å². The molecule has 7 heteroatoms. The Hall–Kier alpha value is -3.40. The minimum Gasteiger partial charge on any atom is -0.450 e. The second-order valence-corrected chi connectivity index (χ2v) is 4.36. The summed E-state index contributed by atoms with van der Waals surface area (Å²) in [4.78, 5) is 21.3. The Labute approximate surface area is 125 Å². The quantitative estimate of drug-likeness (QED) is 0.689. The summed E-state index contributed by atoms with van der Waals surface area (Å²) in [5.41, 5.74) is 0.612. The fraction of sp³-hybridized carbons (Fsp3) is 0.0667. The zero-order valence-corrected chi connectivity index (χ0v) is 11.6. The Morgan fingerprint density at radius 2 is 1.95 bits per heavy atom. The highest BCUT2D eigenvalue weighted by Crippen LogP contribution is 2.32. The highest BCUT2D eigenvalue weighted by Gasteiger charge is 2.16. The molecule has 7 nitrogen and oxygen atoms in total. The molecule has 0 aliphatic heterocycles. The van der Waals surface area contributed by atoms with Gasteiger partial charge in [-0.1, -0.05) is 0 Å². The first kappa shape index (κ1) is 15.0. The number of benzene rings is 2. The van der Waals surface area contributed by atoms with Crippen molar-refractivity contribution in [2.24, 2.45) is 0 Å². The molecule has 0 fully saturated rings. The summed E-state index contributed by atoms with van der Waals surface area (Å²) in [6, 6.07) is 12.1. The lowest BCUT2D eigenvalue weighted by Gasteiger charge is -2.08. The zero-order chi connectivity index (χ0) is 16.1. The average Bonchev–Trinajstić information content (AvgIpc) is 2.48. The summed E-state index contributed by atoms with van der Waals surface area (Å²) < 4.78 is 5.47. The zero-order valence-electron chi connectivity index (χ0n) is 11.6. The molecule has 2 aromatic carbocycles. The summed E-state index contributed by atoms with van der Waals surface area (Å²) >= 11 is 0. The summed E-state index contributed by atoms with van der Waals surface area (Å²) in [7, 11) is 0. The Morgan fingerprint density at radius 3 is 2.50 bits per heavy atom. The lowest BCUT2D eigenvalue weighted by molar-refractivity contribution is -0.385. The van der Waals surface area contributed by atoms with Crippen LogP contribution in [0, 0.1) is 21.4 Å². The van der Waals surface area contributed by atoms with E-state index in [4.69, 9.17) is 10.00 Å². The number of carbonyl (C=O) groups is 1. The third-order valence-corrected chi connectivity index (χ3v) is 2.69. The van der Waals surface area contributed by atoms with Gasteiger partial charge in [0.1, 0.15) is 5.75 Å². The van der Waals surface area contributed by atoms with Crippen LogP contribution in [0.2, 0.25) is 0 Å². The highest BCUT2D eigenvalue weighted by molar-refractivity contribution is 5.88. The van der Waals surface area contributed by atoms with Crippen LogP contribution in [0.25, 0.3) is 0 Å². The van der Waals surface area contributed by atoms with E-state index in [-0.39, 0.29) is 22.9 Å². The van der Waals surface area contributed by atoms with E-state index in [1.807, 2.05) is 6.07 Å². The van der Waals surface area contributed by atoms with Crippen LogP contribution in [0.5, 0.6) is 11.5 Å². The number of hydrogen-bond donors (Lipinski definition) is 1. The molecule has 110 valence electrons. The molecular weight excluding hydrogens is 286 g/mol. The molecule has 1 amide bonds. The molecule has 0 aliphatic rings. The molecule has 22 heavy (non-hydrogen) atoms. The first-order chi connectivity index (χ1) is 10.5. The SMILES string of the molecule is CC(=O)Nc1ccc(Oc2cc(C#N)ccc2[N+](=O)[O-])cc1. The minimum atomic E-state index is -0.581. The number of hydrogen-bond acceptors (Lipinski definition) is 5. The van der Waals surface area contributed by atoms with Crippen molar-refractivity contribution in [1.29, 1.82) is 5.26 Å². The number of nitrogens with zero attached hydrogens (tertiary/aromatic N) is 2. The van der Waals surface area contributed by atoms with Crippen LogP contribution in [0.3, 0.4) is 0 Å². The van der Waals surface area contributed by atoms with E-state index in [0.29, 0.717) is 11.4 Å². The van der Waals surface area contributed by atoms with E-state index in [2.05, 4.69) is 5.32 Å². The fourth-order valence-corrected chi connectivity index (χ4v) is 1.75. The molecule has 0 spiro atoms. The normalized spacial score (nSPS) is 9.64. The molecule has 0 aliphatic carbocycles. The largest absolute Gasteiger partial charge is 0.450 e. The summed E-state index contributed by atoms with van der Waals surface area (Å²) in [5, 5.41) is 22.4. The predicted octanol–water partition coefficient (Wildman–Crippen LogP) is 3.22. The Bertz CT molecular complexity index is 763. The Morgan fingerprint density at radius 1 is 1.27 bits per heavy atom. The number of nitriles is 1. The second-order valence-electron chi connectivity index (χ2n) is 4.36. The maximum absolute atomic E-state index is 11.0. The van der Waals surface area contributed by atoms with E-state index in [0.717, 1.165) is 0 Å². The standard InChI is InChI=1S/C15H11N3O4/c1-10(19)17-12-3-5-13(6-4-12)22-15-8-11(9-16)2-7-14(15)18(20)21/h2-8H,1H3,(H,17,19). The molecule has 0 bridgehead atoms. The van der Waals surface area contributed by atoms with Crippen LogP contribution < -0.4 is 10.1 Å². The third-order valence-electron chi connectivity index (χ3n) is 2.69. The van der Waals surface area contributed by atoms with Gasteiger partial charge in [-0.2, -0.15) is 5.26 Å². The molecule has 0 saturated heterocycles. The topological polar surface area (TPSA) is 105 Å². The van der Waals surface area contributed by atoms with Crippen molar-refractivity contribution in [3.63, 3.8) is 0 Å². The van der Waals surface area contributed by atoms with Gasteiger partial charge < -0.3 is 10.1 Å². The van der Waals surface area contributed by atoms with Gasteiger partial charge in [0.05, 0.1) is 16.6 Å². The van der Waals surface area contributed by atoms with Gasteiger partial charge in [0, 0.05) is 24.7 Å². The number of nitro benzene ring substituents is 1. The maximum Gasteiger partial charge on any atom is 0.311 e. The molecule has 0 unspecified atom stereocenters. The van der Waals surface area contributed by atoms with Crippen LogP contribution in [0.15, 0.2) is 42.5 Å². The Kier molecular flexibility index (Phi) is 4.34. The van der Waals surface area contributed by atoms with Crippen LogP contribution >= 0.6 is 0 Å². The lowest BCUT2D eigenvalue weighted by Crippen LogP contribution is -2.05. The van der Waals surface area contributed by atoms with E-state index in [1.54, 1.807) is 24.3 Å². The molecule has 2 aromatic rings. The van der Waals surface area contributed by atoms with Crippen molar-refractivity contribution in [2.45, 2.75) is 6.92 Å². The lowest BCUT2D eigenvalue weighted by atomic mass is 10.2.